The van der Waals surface area contributed by atoms with E-state index in [1.54, 1.807) is 5.01 Å². The molecule has 0 atom stereocenters. The summed E-state index contributed by atoms with van der Waals surface area (Å²) in [6.45, 7) is 0.724. The van der Waals surface area contributed by atoms with E-state index in [9.17, 15) is 4.79 Å². The molecule has 1 amide bonds. The molecule has 2 aliphatic heterocycles. The van der Waals surface area contributed by atoms with E-state index in [2.05, 4.69) is 55.1 Å². The molecule has 0 aromatic heterocycles. The molecule has 0 spiro atoms. The Kier molecular flexibility index (Phi) is 3.35. The molecule has 5 heteroatoms. The molecule has 0 unspecified atom stereocenters. The van der Waals surface area contributed by atoms with E-state index in [1.165, 1.54) is 0 Å². The maximum absolute atomic E-state index is 12.4. The van der Waals surface area contributed by atoms with E-state index in [0.717, 1.165) is 38.0 Å². The first-order valence-corrected chi connectivity index (χ1v) is 8.60. The van der Waals surface area contributed by atoms with Crippen LogP contribution in [0.15, 0.2) is 51.4 Å². The van der Waals surface area contributed by atoms with E-state index in [-0.39, 0.29) is 5.91 Å². The van der Waals surface area contributed by atoms with Gasteiger partial charge in [0.05, 0.1) is 11.4 Å². The third-order valence-corrected chi connectivity index (χ3v) is 4.97. The minimum Gasteiger partial charge on any atom is -0.277 e. The summed E-state index contributed by atoms with van der Waals surface area (Å²) >= 11 is 6.98. The Bertz CT molecular complexity index is 799. The highest BCUT2D eigenvalue weighted by atomic mass is 79.9. The molecular formula is C17H12Br2N2O. The predicted octanol–water partition coefficient (Wildman–Crippen LogP) is 4.68. The summed E-state index contributed by atoms with van der Waals surface area (Å²) in [4.78, 5) is 12.4. The first kappa shape index (κ1) is 14.0. The lowest BCUT2D eigenvalue weighted by atomic mass is 10.0. The van der Waals surface area contributed by atoms with Gasteiger partial charge in [-0.25, -0.2) is 5.01 Å². The minimum absolute atomic E-state index is 0.141. The zero-order valence-corrected chi connectivity index (χ0v) is 14.8. The zero-order chi connectivity index (χ0) is 15.3. The lowest BCUT2D eigenvalue weighted by Crippen LogP contribution is -2.39. The summed E-state index contributed by atoms with van der Waals surface area (Å²) in [5.74, 6) is 0.141. The summed E-state index contributed by atoms with van der Waals surface area (Å²) in [6, 6.07) is 14.2. The number of fused-ring (bicyclic) bond motifs is 3. The van der Waals surface area contributed by atoms with Gasteiger partial charge in [0.1, 0.15) is 0 Å². The Morgan fingerprint density at radius 2 is 1.68 bits per heavy atom. The maximum atomic E-state index is 12.4. The second-order valence-electron chi connectivity index (χ2n) is 5.32. The Labute approximate surface area is 145 Å². The highest BCUT2D eigenvalue weighted by molar-refractivity contribution is 9.10. The molecule has 0 aliphatic carbocycles. The third-order valence-electron chi connectivity index (χ3n) is 3.94. The predicted molar refractivity (Wildman–Crippen MR) is 95.0 cm³/mol. The van der Waals surface area contributed by atoms with Crippen molar-refractivity contribution in [2.45, 2.75) is 6.42 Å². The average Bonchev–Trinajstić information content (AvgIpc) is 2.89. The molecule has 0 bridgehead atoms. The fourth-order valence-corrected chi connectivity index (χ4v) is 3.59. The third kappa shape index (κ3) is 2.20. The minimum atomic E-state index is 0.141. The van der Waals surface area contributed by atoms with Crippen molar-refractivity contribution in [1.29, 1.82) is 0 Å². The van der Waals surface area contributed by atoms with Crippen LogP contribution in [0.2, 0.25) is 0 Å². The van der Waals surface area contributed by atoms with Gasteiger partial charge in [0.25, 0.3) is 0 Å². The second-order valence-corrected chi connectivity index (χ2v) is 7.15. The molecule has 4 rings (SSSR count). The van der Waals surface area contributed by atoms with Crippen molar-refractivity contribution in [2.75, 3.05) is 11.6 Å². The van der Waals surface area contributed by atoms with Crippen LogP contribution in [0.1, 0.15) is 17.5 Å². The maximum Gasteiger partial charge on any atom is 0.247 e. The Morgan fingerprint density at radius 1 is 0.955 bits per heavy atom. The van der Waals surface area contributed by atoms with Crippen LogP contribution >= 0.6 is 31.9 Å². The fraction of sp³-hybridized carbons (Fsp3) is 0.118. The van der Waals surface area contributed by atoms with E-state index in [1.807, 2.05) is 30.3 Å². The van der Waals surface area contributed by atoms with Crippen molar-refractivity contribution in [1.82, 2.24) is 5.01 Å². The number of amides is 1. The van der Waals surface area contributed by atoms with Gasteiger partial charge >= 0.3 is 0 Å². The number of nitrogens with zero attached hydrogens (tertiary/aromatic N) is 2. The smallest absolute Gasteiger partial charge is 0.247 e. The zero-order valence-electron chi connectivity index (χ0n) is 11.6. The average molecular weight is 420 g/mol. The largest absolute Gasteiger partial charge is 0.277 e. The monoisotopic (exact) mass is 418 g/mol. The number of benzene rings is 2. The number of hydrogen-bond donors (Lipinski definition) is 0. The molecule has 2 aliphatic rings. The highest BCUT2D eigenvalue weighted by Crippen LogP contribution is 2.40. The van der Waals surface area contributed by atoms with Gasteiger partial charge in [-0.3, -0.25) is 9.80 Å². The molecule has 1 saturated heterocycles. The number of halogens is 2. The van der Waals surface area contributed by atoms with E-state index in [0.29, 0.717) is 6.42 Å². The van der Waals surface area contributed by atoms with Crippen LogP contribution in [-0.4, -0.2) is 17.5 Å². The van der Waals surface area contributed by atoms with Crippen molar-refractivity contribution in [2.24, 2.45) is 0 Å². The number of hydrogen-bond acceptors (Lipinski definition) is 2. The molecule has 22 heavy (non-hydrogen) atoms. The van der Waals surface area contributed by atoms with Gasteiger partial charge in [0, 0.05) is 33.0 Å². The van der Waals surface area contributed by atoms with Crippen molar-refractivity contribution in [3.05, 3.63) is 62.5 Å². The van der Waals surface area contributed by atoms with Crippen LogP contribution < -0.4 is 5.01 Å². The van der Waals surface area contributed by atoms with Gasteiger partial charge < -0.3 is 0 Å². The summed E-state index contributed by atoms with van der Waals surface area (Å²) < 4.78 is 2.07. The number of anilines is 1. The standard InChI is InChI=1S/C17H12Br2N2O/c18-13-3-1-11(2-4-13)16-10-12-9-14(19)5-6-15(12)20-8-7-17(22)21(16)20/h1-6,9-10H,7-8H2. The van der Waals surface area contributed by atoms with Gasteiger partial charge in [0.15, 0.2) is 0 Å². The molecule has 110 valence electrons. The van der Waals surface area contributed by atoms with Gasteiger partial charge in [-0.2, -0.15) is 0 Å². The van der Waals surface area contributed by atoms with Gasteiger partial charge in [-0.1, -0.05) is 44.0 Å². The number of hydrazine groups is 1. The van der Waals surface area contributed by atoms with Gasteiger partial charge in [-0.15, -0.1) is 0 Å². The lowest BCUT2D eigenvalue weighted by Gasteiger charge is -2.36. The first-order chi connectivity index (χ1) is 10.6. The van der Waals surface area contributed by atoms with Crippen LogP contribution in [-0.2, 0) is 4.79 Å². The number of carbonyl (C=O) groups excluding carboxylic acids is 1. The number of carbonyl (C=O) groups is 1. The Morgan fingerprint density at radius 3 is 2.45 bits per heavy atom. The molecule has 0 N–H and O–H groups in total. The Balaban J connectivity index is 1.91. The van der Waals surface area contributed by atoms with Crippen LogP contribution in [0.25, 0.3) is 11.8 Å². The van der Waals surface area contributed by atoms with Crippen LogP contribution in [0.5, 0.6) is 0 Å². The fourth-order valence-electron chi connectivity index (χ4n) is 2.95. The SMILES string of the molecule is O=C1CCN2c3ccc(Br)cc3C=C(c3ccc(Br)cc3)N12. The quantitative estimate of drug-likeness (QED) is 0.670. The topological polar surface area (TPSA) is 23.6 Å². The van der Waals surface area contributed by atoms with Crippen LogP contribution in [0.4, 0.5) is 5.69 Å². The molecule has 2 heterocycles. The molecule has 1 fully saturated rings. The van der Waals surface area contributed by atoms with Crippen LogP contribution in [0, 0.1) is 0 Å². The van der Waals surface area contributed by atoms with Crippen LogP contribution in [0.3, 0.4) is 0 Å². The molecule has 2 aromatic carbocycles. The first-order valence-electron chi connectivity index (χ1n) is 7.01. The molecule has 0 radical (unpaired) electrons. The Hall–Kier alpha value is -1.59. The van der Waals surface area contributed by atoms with Crippen molar-refractivity contribution >= 4 is 55.2 Å². The van der Waals surface area contributed by atoms with Crippen molar-refractivity contribution in [3.63, 3.8) is 0 Å². The normalized spacial score (nSPS) is 16.5. The summed E-state index contributed by atoms with van der Waals surface area (Å²) in [5.41, 5.74) is 4.17. The van der Waals surface area contributed by atoms with Gasteiger partial charge in [-0.05, 0) is 36.4 Å². The molecular weight excluding hydrogens is 408 g/mol. The van der Waals surface area contributed by atoms with E-state index >= 15 is 0 Å². The van der Waals surface area contributed by atoms with E-state index in [4.69, 9.17) is 0 Å². The summed E-state index contributed by atoms with van der Waals surface area (Å²) in [7, 11) is 0. The molecule has 3 nitrogen and oxygen atoms in total. The van der Waals surface area contributed by atoms with Gasteiger partial charge in [0.2, 0.25) is 5.91 Å². The summed E-state index contributed by atoms with van der Waals surface area (Å²) in [6.07, 6.45) is 2.63. The summed E-state index contributed by atoms with van der Waals surface area (Å²) in [5, 5.41) is 3.88. The molecule has 0 saturated carbocycles. The molecule has 2 aromatic rings. The van der Waals surface area contributed by atoms with Crippen molar-refractivity contribution in [3.8, 4) is 0 Å². The lowest BCUT2D eigenvalue weighted by molar-refractivity contribution is -0.125. The second kappa shape index (κ2) is 5.25. The highest BCUT2D eigenvalue weighted by Gasteiger charge is 2.36. The van der Waals surface area contributed by atoms with E-state index < -0.39 is 0 Å². The number of rotatable bonds is 1. The van der Waals surface area contributed by atoms with Crippen molar-refractivity contribution < 1.29 is 4.79 Å².